The van der Waals surface area contributed by atoms with Crippen LogP contribution in [-0.4, -0.2) is 13.1 Å². The predicted octanol–water partition coefficient (Wildman–Crippen LogP) is 5.30. The third-order valence-corrected chi connectivity index (χ3v) is 3.98. The van der Waals surface area contributed by atoms with E-state index in [0.29, 0.717) is 12.5 Å². The first-order chi connectivity index (χ1) is 11.7. The van der Waals surface area contributed by atoms with Gasteiger partial charge in [-0.2, -0.15) is 0 Å². The highest BCUT2D eigenvalue weighted by Crippen LogP contribution is 2.18. The summed E-state index contributed by atoms with van der Waals surface area (Å²) in [6.07, 6.45) is 3.45. The molecule has 2 aromatic carbocycles. The molecule has 0 aliphatic carbocycles. The molecule has 2 aromatic rings. The summed E-state index contributed by atoms with van der Waals surface area (Å²) in [5.74, 6) is 1.45. The molecule has 1 N–H and O–H groups in total. The molecule has 0 aromatic heterocycles. The summed E-state index contributed by atoms with van der Waals surface area (Å²) in [6, 6.07) is 18.6. The van der Waals surface area contributed by atoms with Crippen LogP contribution >= 0.6 is 0 Å². The highest BCUT2D eigenvalue weighted by molar-refractivity contribution is 5.54. The van der Waals surface area contributed by atoms with Gasteiger partial charge in [0.25, 0.3) is 0 Å². The van der Waals surface area contributed by atoms with Crippen molar-refractivity contribution in [3.05, 3.63) is 71.3 Å². The van der Waals surface area contributed by atoms with Crippen molar-refractivity contribution in [3.63, 3.8) is 0 Å². The topological polar surface area (TPSA) is 21.3 Å². The van der Waals surface area contributed by atoms with E-state index in [1.807, 2.05) is 30.3 Å². The maximum absolute atomic E-state index is 5.85. The highest BCUT2D eigenvalue weighted by Gasteiger charge is 2.03. The molecule has 128 valence electrons. The van der Waals surface area contributed by atoms with Gasteiger partial charge in [0.2, 0.25) is 0 Å². The van der Waals surface area contributed by atoms with Crippen molar-refractivity contribution >= 4 is 6.08 Å². The minimum absolute atomic E-state index is 0.545. The van der Waals surface area contributed by atoms with Gasteiger partial charge in [0.1, 0.15) is 12.4 Å². The molecule has 0 aliphatic heterocycles. The molecule has 0 spiro atoms. The second-order valence-electron chi connectivity index (χ2n) is 6.39. The Kier molecular flexibility index (Phi) is 7.57. The second kappa shape index (κ2) is 9.94. The Bertz CT molecular complexity index is 614. The van der Waals surface area contributed by atoms with E-state index in [1.165, 1.54) is 23.1 Å². The number of rotatable bonds is 9. The van der Waals surface area contributed by atoms with Crippen LogP contribution in [0.3, 0.4) is 0 Å². The van der Waals surface area contributed by atoms with Crippen LogP contribution in [0.4, 0.5) is 0 Å². The molecule has 0 radical (unpaired) electrons. The first kappa shape index (κ1) is 18.3. The van der Waals surface area contributed by atoms with E-state index in [9.17, 15) is 0 Å². The monoisotopic (exact) mass is 323 g/mol. The fraction of sp³-hybridized carbons (Fsp3) is 0.364. The second-order valence-corrected chi connectivity index (χ2v) is 6.39. The minimum atomic E-state index is 0.545. The minimum Gasteiger partial charge on any atom is -0.489 e. The van der Waals surface area contributed by atoms with Crippen LogP contribution in [0.25, 0.3) is 6.08 Å². The Morgan fingerprint density at radius 1 is 1.04 bits per heavy atom. The molecule has 2 heteroatoms. The van der Waals surface area contributed by atoms with Gasteiger partial charge in [-0.15, -0.1) is 0 Å². The Balaban J connectivity index is 1.95. The van der Waals surface area contributed by atoms with Gasteiger partial charge in [-0.25, -0.2) is 0 Å². The third-order valence-electron chi connectivity index (χ3n) is 3.98. The van der Waals surface area contributed by atoms with E-state index in [0.717, 1.165) is 18.8 Å². The number of nitrogens with one attached hydrogen (secondary N) is 1. The van der Waals surface area contributed by atoms with Crippen molar-refractivity contribution in [3.8, 4) is 5.75 Å². The zero-order valence-corrected chi connectivity index (χ0v) is 15.1. The van der Waals surface area contributed by atoms with Gasteiger partial charge < -0.3 is 10.1 Å². The molecule has 0 saturated carbocycles. The summed E-state index contributed by atoms with van der Waals surface area (Å²) in [5, 5.41) is 3.49. The van der Waals surface area contributed by atoms with Gasteiger partial charge in [0, 0.05) is 6.54 Å². The molecule has 0 saturated heterocycles. The molecular weight excluding hydrogens is 294 g/mol. The molecule has 0 amide bonds. The normalized spacial score (nSPS) is 11.8. The average molecular weight is 323 g/mol. The third kappa shape index (κ3) is 6.21. The van der Waals surface area contributed by atoms with E-state index in [4.69, 9.17) is 4.74 Å². The van der Waals surface area contributed by atoms with Crippen molar-refractivity contribution in [1.82, 2.24) is 5.32 Å². The first-order valence-corrected chi connectivity index (χ1v) is 8.87. The maximum Gasteiger partial charge on any atom is 0.119 e. The van der Waals surface area contributed by atoms with E-state index >= 15 is 0 Å². The molecular formula is C22H29NO. The Morgan fingerprint density at radius 2 is 1.75 bits per heavy atom. The smallest absolute Gasteiger partial charge is 0.119 e. The van der Waals surface area contributed by atoms with Crippen LogP contribution < -0.4 is 10.1 Å². The van der Waals surface area contributed by atoms with E-state index in [1.54, 1.807) is 0 Å². The van der Waals surface area contributed by atoms with Crippen LogP contribution in [-0.2, 0) is 6.61 Å². The van der Waals surface area contributed by atoms with Gasteiger partial charge in [0.15, 0.2) is 0 Å². The van der Waals surface area contributed by atoms with Crippen molar-refractivity contribution < 1.29 is 4.74 Å². The molecule has 0 atom stereocenters. The van der Waals surface area contributed by atoms with E-state index in [-0.39, 0.29) is 0 Å². The molecule has 0 bridgehead atoms. The summed E-state index contributed by atoms with van der Waals surface area (Å²) in [5.41, 5.74) is 3.84. The number of ether oxygens (including phenoxy) is 1. The van der Waals surface area contributed by atoms with Crippen molar-refractivity contribution in [1.29, 1.82) is 0 Å². The van der Waals surface area contributed by atoms with E-state index < -0.39 is 0 Å². The zero-order valence-electron chi connectivity index (χ0n) is 15.1. The predicted molar refractivity (Wildman–Crippen MR) is 103 cm³/mol. The summed E-state index contributed by atoms with van der Waals surface area (Å²) in [4.78, 5) is 0. The molecule has 2 nitrogen and oxygen atoms in total. The van der Waals surface area contributed by atoms with Crippen LogP contribution in [0.2, 0.25) is 0 Å². The van der Waals surface area contributed by atoms with Crippen LogP contribution in [0.5, 0.6) is 5.75 Å². The fourth-order valence-corrected chi connectivity index (χ4v) is 2.45. The molecule has 2 rings (SSSR count). The standard InChI is InChI=1S/C22H29NO/c1-4-14-23-16-21(18(2)3)15-19-10-12-22(13-11-19)24-17-20-8-6-5-7-9-20/h5-13,15,18,23H,4,14,16-17H2,1-3H3/b21-15-. The molecule has 0 unspecified atom stereocenters. The van der Waals surface area contributed by atoms with Gasteiger partial charge in [0.05, 0.1) is 0 Å². The fourth-order valence-electron chi connectivity index (χ4n) is 2.45. The number of benzene rings is 2. The molecule has 0 heterocycles. The summed E-state index contributed by atoms with van der Waals surface area (Å²) in [7, 11) is 0. The Morgan fingerprint density at radius 3 is 2.38 bits per heavy atom. The van der Waals surface area contributed by atoms with Crippen molar-refractivity contribution in [2.45, 2.75) is 33.8 Å². The molecule has 24 heavy (non-hydrogen) atoms. The molecule has 0 fully saturated rings. The lowest BCUT2D eigenvalue weighted by Crippen LogP contribution is -2.19. The van der Waals surface area contributed by atoms with Crippen LogP contribution in [0, 0.1) is 5.92 Å². The summed E-state index contributed by atoms with van der Waals surface area (Å²) in [6.45, 7) is 9.32. The number of hydrogen-bond donors (Lipinski definition) is 1. The number of hydrogen-bond acceptors (Lipinski definition) is 2. The van der Waals surface area contributed by atoms with Crippen molar-refractivity contribution in [2.24, 2.45) is 5.92 Å². The average Bonchev–Trinajstić information content (AvgIpc) is 2.61. The Labute approximate surface area is 146 Å². The van der Waals surface area contributed by atoms with Crippen LogP contribution in [0.15, 0.2) is 60.2 Å². The van der Waals surface area contributed by atoms with Crippen molar-refractivity contribution in [2.75, 3.05) is 13.1 Å². The largest absolute Gasteiger partial charge is 0.489 e. The highest BCUT2D eigenvalue weighted by atomic mass is 16.5. The molecule has 0 aliphatic rings. The Hall–Kier alpha value is -2.06. The lowest BCUT2D eigenvalue weighted by atomic mass is 10.00. The first-order valence-electron chi connectivity index (χ1n) is 8.87. The van der Waals surface area contributed by atoms with Crippen LogP contribution in [0.1, 0.15) is 38.3 Å². The summed E-state index contributed by atoms with van der Waals surface area (Å²) >= 11 is 0. The maximum atomic E-state index is 5.85. The quantitative estimate of drug-likeness (QED) is 0.632. The van der Waals surface area contributed by atoms with Gasteiger partial charge >= 0.3 is 0 Å². The zero-order chi connectivity index (χ0) is 17.2. The lowest BCUT2D eigenvalue weighted by Gasteiger charge is -2.13. The summed E-state index contributed by atoms with van der Waals surface area (Å²) < 4.78 is 5.85. The lowest BCUT2D eigenvalue weighted by molar-refractivity contribution is 0.306. The van der Waals surface area contributed by atoms with Gasteiger partial charge in [-0.05, 0) is 42.1 Å². The van der Waals surface area contributed by atoms with E-state index in [2.05, 4.69) is 56.4 Å². The SMILES string of the molecule is CCCNC/C(=C/c1ccc(OCc2ccccc2)cc1)C(C)C. The van der Waals surface area contributed by atoms with Gasteiger partial charge in [-0.1, -0.05) is 74.9 Å². The van der Waals surface area contributed by atoms with Gasteiger partial charge in [-0.3, -0.25) is 0 Å².